The molecule has 0 bridgehead atoms. The number of benzene rings is 2. The molecule has 3 nitrogen and oxygen atoms in total. The van der Waals surface area contributed by atoms with Crippen LogP contribution in [0.5, 0.6) is 0 Å². The summed E-state index contributed by atoms with van der Waals surface area (Å²) in [6.45, 7) is 0. The Balaban J connectivity index is 0.000000280. The average molecular weight is 235 g/mol. The predicted molar refractivity (Wildman–Crippen MR) is 67.3 cm³/mol. The largest absolute Gasteiger partial charge is 0.336 e. The van der Waals surface area contributed by atoms with E-state index in [-0.39, 0.29) is 0 Å². The molecular weight excluding hydrogens is 221 g/mol. The second-order valence-electron chi connectivity index (χ2n) is 3.07. The molecule has 2 aromatic rings. The summed E-state index contributed by atoms with van der Waals surface area (Å²) in [5.74, 6) is 0. The van der Waals surface area contributed by atoms with Gasteiger partial charge in [0.05, 0.1) is 0 Å². The quantitative estimate of drug-likeness (QED) is 0.747. The average Bonchev–Trinajstić information content (AvgIpc) is 2.31. The van der Waals surface area contributed by atoms with Gasteiger partial charge < -0.3 is 4.89 Å². The van der Waals surface area contributed by atoms with E-state index in [1.54, 1.807) is 0 Å². The van der Waals surface area contributed by atoms with E-state index in [2.05, 4.69) is 54.0 Å². The van der Waals surface area contributed by atoms with Crippen molar-refractivity contribution >= 4 is 8.18 Å². The maximum atomic E-state index is 8.96. The fraction of sp³-hybridized carbons (Fsp3) is 0. The van der Waals surface area contributed by atoms with Gasteiger partial charge in [0.1, 0.15) is 0 Å². The highest BCUT2D eigenvalue weighted by Gasteiger charge is 1.91. The van der Waals surface area contributed by atoms with Crippen molar-refractivity contribution in [1.82, 2.24) is 0 Å². The monoisotopic (exact) mass is 235 g/mol. The van der Waals surface area contributed by atoms with E-state index >= 15 is 0 Å². The van der Waals surface area contributed by atoms with Gasteiger partial charge in [-0.15, -0.1) is 0 Å². The van der Waals surface area contributed by atoms with Crippen LogP contribution < -0.4 is 5.50 Å². The summed E-state index contributed by atoms with van der Waals surface area (Å²) in [5, 5.41) is 0. The molecular formula is C12H14NO2P. The van der Waals surface area contributed by atoms with Crippen LogP contribution in [0.15, 0.2) is 60.7 Å². The van der Waals surface area contributed by atoms with Crippen LogP contribution in [-0.2, 0) is 4.57 Å². The van der Waals surface area contributed by atoms with Crippen LogP contribution in [0.1, 0.15) is 0 Å². The van der Waals surface area contributed by atoms with Crippen molar-refractivity contribution in [3.8, 4) is 11.1 Å². The summed E-state index contributed by atoms with van der Waals surface area (Å²) in [6.07, 6.45) is 0. The van der Waals surface area contributed by atoms with Crippen molar-refractivity contribution in [1.29, 1.82) is 0 Å². The van der Waals surface area contributed by atoms with E-state index in [1.807, 2.05) is 12.1 Å². The molecule has 1 unspecified atom stereocenters. The lowest BCUT2D eigenvalue weighted by Crippen LogP contribution is -1.73. The minimum absolute atomic E-state index is 1.28. The molecule has 0 amide bonds. The Morgan fingerprint density at radius 1 is 0.812 bits per heavy atom. The van der Waals surface area contributed by atoms with Gasteiger partial charge in [-0.1, -0.05) is 60.7 Å². The summed E-state index contributed by atoms with van der Waals surface area (Å²) in [6, 6.07) is 20.8. The summed E-state index contributed by atoms with van der Waals surface area (Å²) in [5.41, 5.74) is 6.76. The molecule has 0 radical (unpaired) electrons. The van der Waals surface area contributed by atoms with Crippen LogP contribution in [0.4, 0.5) is 0 Å². The Kier molecular flexibility index (Phi) is 5.51. The van der Waals surface area contributed by atoms with E-state index < -0.39 is 8.18 Å². The van der Waals surface area contributed by atoms with Crippen LogP contribution in [0, 0.1) is 0 Å². The highest BCUT2D eigenvalue weighted by molar-refractivity contribution is 7.35. The van der Waals surface area contributed by atoms with E-state index in [9.17, 15) is 0 Å². The van der Waals surface area contributed by atoms with Gasteiger partial charge in [-0.3, -0.25) is 10.1 Å². The zero-order valence-corrected chi connectivity index (χ0v) is 9.71. The fourth-order valence-electron chi connectivity index (χ4n) is 1.26. The zero-order chi connectivity index (χ0) is 11.8. The molecule has 0 aromatic heterocycles. The number of nitrogens with two attached hydrogens (primary N) is 1. The lowest BCUT2D eigenvalue weighted by Gasteiger charge is -1.98. The predicted octanol–water partition coefficient (Wildman–Crippen LogP) is 2.68. The first-order valence-corrected chi connectivity index (χ1v) is 6.22. The normalized spacial score (nSPS) is 11.1. The van der Waals surface area contributed by atoms with Crippen molar-refractivity contribution in [2.24, 2.45) is 5.50 Å². The van der Waals surface area contributed by atoms with Gasteiger partial charge in [0.2, 0.25) is 0 Å². The standard InChI is InChI=1S/C12H10.H4NO2P/c1-3-7-11(8-4-1)12-9-5-2-6-10-12;1-4(2)3/h1-10H;4H,(H3,1,2,3). The van der Waals surface area contributed by atoms with Crippen LogP contribution in [0.25, 0.3) is 11.1 Å². The fourth-order valence-corrected chi connectivity index (χ4v) is 1.26. The maximum absolute atomic E-state index is 8.96. The first-order chi connectivity index (χ1) is 7.70. The molecule has 0 spiro atoms. The summed E-state index contributed by atoms with van der Waals surface area (Å²) >= 11 is 0. The molecule has 2 rings (SSSR count). The molecule has 0 aliphatic heterocycles. The topological polar surface area (TPSA) is 63.3 Å². The molecule has 1 atom stereocenters. The molecule has 0 aliphatic carbocycles. The molecule has 16 heavy (non-hydrogen) atoms. The highest BCUT2D eigenvalue weighted by atomic mass is 31.1. The third kappa shape index (κ3) is 4.89. The van der Waals surface area contributed by atoms with Crippen molar-refractivity contribution < 1.29 is 9.46 Å². The van der Waals surface area contributed by atoms with Crippen molar-refractivity contribution in [3.05, 3.63) is 60.7 Å². The molecule has 0 fully saturated rings. The number of hydrogen-bond donors (Lipinski definition) is 2. The first-order valence-electron chi connectivity index (χ1n) is 4.79. The van der Waals surface area contributed by atoms with Gasteiger partial charge in [0.25, 0.3) is 8.18 Å². The maximum Gasteiger partial charge on any atom is 0.253 e. The molecule has 0 saturated carbocycles. The lowest BCUT2D eigenvalue weighted by molar-refractivity contribution is 0.504. The molecule has 0 aliphatic rings. The van der Waals surface area contributed by atoms with Crippen LogP contribution in [0.2, 0.25) is 0 Å². The van der Waals surface area contributed by atoms with Gasteiger partial charge in [-0.25, -0.2) is 0 Å². The first kappa shape index (κ1) is 12.7. The third-order valence-corrected chi connectivity index (χ3v) is 1.88. The second-order valence-corrected chi connectivity index (χ2v) is 3.75. The van der Waals surface area contributed by atoms with Gasteiger partial charge in [0.15, 0.2) is 0 Å². The van der Waals surface area contributed by atoms with Gasteiger partial charge in [-0.05, 0) is 11.1 Å². The third-order valence-electron chi connectivity index (χ3n) is 1.88. The van der Waals surface area contributed by atoms with E-state index in [1.165, 1.54) is 11.1 Å². The Morgan fingerprint density at radius 2 is 1.06 bits per heavy atom. The van der Waals surface area contributed by atoms with Gasteiger partial charge in [-0.2, -0.15) is 0 Å². The summed E-state index contributed by atoms with van der Waals surface area (Å²) in [4.78, 5) is 7.38. The smallest absolute Gasteiger partial charge is 0.253 e. The molecule has 2 aromatic carbocycles. The molecule has 0 saturated heterocycles. The minimum Gasteiger partial charge on any atom is -0.336 e. The Hall–Kier alpha value is -1.41. The Labute approximate surface area is 95.5 Å². The van der Waals surface area contributed by atoms with Crippen LogP contribution >= 0.6 is 8.18 Å². The second kappa shape index (κ2) is 6.96. The molecule has 4 heteroatoms. The molecule has 3 N–H and O–H groups in total. The van der Waals surface area contributed by atoms with E-state index in [4.69, 9.17) is 9.46 Å². The molecule has 0 heterocycles. The van der Waals surface area contributed by atoms with Gasteiger partial charge in [0, 0.05) is 0 Å². The molecule has 84 valence electrons. The highest BCUT2D eigenvalue weighted by Crippen LogP contribution is 2.17. The lowest BCUT2D eigenvalue weighted by atomic mass is 10.1. The van der Waals surface area contributed by atoms with E-state index in [0.29, 0.717) is 0 Å². The van der Waals surface area contributed by atoms with Crippen molar-refractivity contribution in [2.75, 3.05) is 0 Å². The summed E-state index contributed by atoms with van der Waals surface area (Å²) in [7, 11) is -2.63. The Morgan fingerprint density at radius 3 is 1.31 bits per heavy atom. The van der Waals surface area contributed by atoms with Crippen molar-refractivity contribution in [3.63, 3.8) is 0 Å². The SMILES string of the molecule is N[PH](=O)O.c1ccc(-c2ccccc2)cc1. The Bertz CT molecular complexity index is 390. The van der Waals surface area contributed by atoms with Crippen molar-refractivity contribution in [2.45, 2.75) is 0 Å². The zero-order valence-electron chi connectivity index (χ0n) is 8.71. The van der Waals surface area contributed by atoms with Crippen LogP contribution in [-0.4, -0.2) is 4.89 Å². The van der Waals surface area contributed by atoms with E-state index in [0.717, 1.165) is 0 Å². The van der Waals surface area contributed by atoms with Crippen LogP contribution in [0.3, 0.4) is 0 Å². The minimum atomic E-state index is -2.63. The number of rotatable bonds is 1. The number of hydrogen-bond acceptors (Lipinski definition) is 1. The summed E-state index contributed by atoms with van der Waals surface area (Å²) < 4.78 is 8.96. The van der Waals surface area contributed by atoms with Gasteiger partial charge >= 0.3 is 0 Å².